The van der Waals surface area contributed by atoms with Crippen LogP contribution >= 0.6 is 0 Å². The average Bonchev–Trinajstić information content (AvgIpc) is 3.18. The molecule has 3 rings (SSSR count). The van der Waals surface area contributed by atoms with Crippen molar-refractivity contribution in [2.45, 2.75) is 19.9 Å². The minimum Gasteiger partial charge on any atom is -0.385 e. The summed E-state index contributed by atoms with van der Waals surface area (Å²) < 4.78 is 6.82. The maximum atomic E-state index is 12.5. The van der Waals surface area contributed by atoms with Crippen molar-refractivity contribution in [3.63, 3.8) is 0 Å². The Hall–Kier alpha value is -3.69. The number of nitrogens with one attached hydrogen (secondary N) is 1. The number of carbonyl (C=O) groups is 1. The molecule has 0 saturated carbocycles. The van der Waals surface area contributed by atoms with Gasteiger partial charge in [0.2, 0.25) is 0 Å². The fourth-order valence-electron chi connectivity index (χ4n) is 3.15. The van der Waals surface area contributed by atoms with E-state index >= 15 is 0 Å². The van der Waals surface area contributed by atoms with Gasteiger partial charge in [-0.3, -0.25) is 9.48 Å². The monoisotopic (exact) mass is 414 g/mol. The van der Waals surface area contributed by atoms with Crippen molar-refractivity contribution in [1.82, 2.24) is 15.1 Å². The Labute approximate surface area is 182 Å². The van der Waals surface area contributed by atoms with Crippen molar-refractivity contribution >= 4 is 12.0 Å². The number of rotatable bonds is 9. The van der Waals surface area contributed by atoms with E-state index < -0.39 is 5.91 Å². The van der Waals surface area contributed by atoms with E-state index in [1.54, 1.807) is 13.2 Å². The summed E-state index contributed by atoms with van der Waals surface area (Å²) in [5, 5.41) is 17.1. The van der Waals surface area contributed by atoms with Crippen LogP contribution in [0.4, 0.5) is 0 Å². The largest absolute Gasteiger partial charge is 0.385 e. The van der Waals surface area contributed by atoms with Crippen LogP contribution in [0.15, 0.2) is 66.4 Å². The summed E-state index contributed by atoms with van der Waals surface area (Å²) in [7, 11) is 1.61. The van der Waals surface area contributed by atoms with Gasteiger partial charge in [0.15, 0.2) is 0 Å². The first-order valence-corrected chi connectivity index (χ1v) is 10.2. The van der Waals surface area contributed by atoms with E-state index in [0.29, 0.717) is 26.1 Å². The Morgan fingerprint density at radius 2 is 1.94 bits per heavy atom. The first-order valence-electron chi connectivity index (χ1n) is 10.2. The van der Waals surface area contributed by atoms with Crippen molar-refractivity contribution < 1.29 is 9.53 Å². The molecule has 0 spiro atoms. The highest BCUT2D eigenvalue weighted by Gasteiger charge is 2.14. The smallest absolute Gasteiger partial charge is 0.261 e. The molecule has 0 aliphatic heterocycles. The first kappa shape index (κ1) is 22.0. The zero-order valence-corrected chi connectivity index (χ0v) is 17.8. The van der Waals surface area contributed by atoms with Crippen LogP contribution in [0.25, 0.3) is 17.3 Å². The average molecular weight is 415 g/mol. The summed E-state index contributed by atoms with van der Waals surface area (Å²) in [4.78, 5) is 12.5. The summed E-state index contributed by atoms with van der Waals surface area (Å²) in [5.74, 6) is -0.399. The van der Waals surface area contributed by atoms with Gasteiger partial charge in [-0.1, -0.05) is 60.2 Å². The molecule has 158 valence electrons. The lowest BCUT2D eigenvalue weighted by molar-refractivity contribution is -0.117. The second-order valence-corrected chi connectivity index (χ2v) is 7.25. The molecular formula is C25H26N4O2. The van der Waals surface area contributed by atoms with E-state index in [1.165, 1.54) is 0 Å². The van der Waals surface area contributed by atoms with Gasteiger partial charge in [0, 0.05) is 37.6 Å². The molecular weight excluding hydrogens is 388 g/mol. The third-order valence-corrected chi connectivity index (χ3v) is 4.78. The molecule has 0 fully saturated rings. The minimum absolute atomic E-state index is 0.0463. The number of aryl methyl sites for hydroxylation is 1. The molecule has 1 aromatic heterocycles. The standard InChI is InChI=1S/C25H26N4O2/c1-19-9-11-21(12-10-19)24-23(15-22(16-26)25(30)27-13-6-14-31-2)18-29(28-24)17-20-7-4-3-5-8-20/h3-5,7-12,15,18H,6,13-14,17H2,1-2H3,(H,27,30)/b22-15+. The predicted octanol–water partition coefficient (Wildman–Crippen LogP) is 3.97. The van der Waals surface area contributed by atoms with Gasteiger partial charge in [-0.05, 0) is 25.0 Å². The lowest BCUT2D eigenvalue weighted by atomic mass is 10.0. The van der Waals surface area contributed by atoms with Crippen LogP contribution in [0, 0.1) is 18.3 Å². The van der Waals surface area contributed by atoms with Gasteiger partial charge < -0.3 is 10.1 Å². The van der Waals surface area contributed by atoms with Crippen LogP contribution in [0.5, 0.6) is 0 Å². The Kier molecular flexibility index (Phi) is 7.74. The fraction of sp³-hybridized carbons (Fsp3) is 0.240. The van der Waals surface area contributed by atoms with E-state index in [0.717, 1.165) is 27.9 Å². The Balaban J connectivity index is 1.92. The molecule has 0 saturated heterocycles. The molecule has 1 amide bonds. The zero-order valence-electron chi connectivity index (χ0n) is 17.8. The number of hydrogen-bond acceptors (Lipinski definition) is 4. The van der Waals surface area contributed by atoms with Gasteiger partial charge in [-0.15, -0.1) is 0 Å². The number of nitrogens with zero attached hydrogens (tertiary/aromatic N) is 3. The number of hydrogen-bond donors (Lipinski definition) is 1. The summed E-state index contributed by atoms with van der Waals surface area (Å²) in [6, 6.07) is 20.1. The number of methoxy groups -OCH3 is 1. The Bertz CT molecular complexity index is 1080. The highest BCUT2D eigenvalue weighted by Crippen LogP contribution is 2.25. The van der Waals surface area contributed by atoms with Crippen LogP contribution in [0.2, 0.25) is 0 Å². The molecule has 0 atom stereocenters. The lowest BCUT2D eigenvalue weighted by Gasteiger charge is -2.04. The third kappa shape index (κ3) is 6.14. The van der Waals surface area contributed by atoms with Crippen LogP contribution in [-0.2, 0) is 16.1 Å². The number of aromatic nitrogens is 2. The van der Waals surface area contributed by atoms with Crippen molar-refractivity contribution in [1.29, 1.82) is 5.26 Å². The van der Waals surface area contributed by atoms with E-state index in [4.69, 9.17) is 9.84 Å². The second kappa shape index (κ2) is 10.9. The van der Waals surface area contributed by atoms with Gasteiger partial charge in [-0.2, -0.15) is 10.4 Å². The fourth-order valence-corrected chi connectivity index (χ4v) is 3.15. The number of carbonyl (C=O) groups excluding carboxylic acids is 1. The van der Waals surface area contributed by atoms with Crippen LogP contribution < -0.4 is 5.32 Å². The van der Waals surface area contributed by atoms with Crippen molar-refractivity contribution in [2.75, 3.05) is 20.3 Å². The summed E-state index contributed by atoms with van der Waals surface area (Å²) in [6.07, 6.45) is 4.16. The second-order valence-electron chi connectivity index (χ2n) is 7.25. The normalized spacial score (nSPS) is 11.2. The quantitative estimate of drug-likeness (QED) is 0.326. The summed E-state index contributed by atoms with van der Waals surface area (Å²) >= 11 is 0. The van der Waals surface area contributed by atoms with Crippen LogP contribution in [-0.4, -0.2) is 35.9 Å². The zero-order chi connectivity index (χ0) is 22.1. The number of amides is 1. The molecule has 0 bridgehead atoms. The molecule has 0 radical (unpaired) electrons. The number of ether oxygens (including phenoxy) is 1. The molecule has 0 aliphatic carbocycles. The SMILES string of the molecule is COCCCNC(=O)/C(C#N)=C/c1cn(Cc2ccccc2)nc1-c1ccc(C)cc1. The van der Waals surface area contributed by atoms with Gasteiger partial charge >= 0.3 is 0 Å². The molecule has 3 aromatic rings. The topological polar surface area (TPSA) is 79.9 Å². The van der Waals surface area contributed by atoms with E-state index in [2.05, 4.69) is 5.32 Å². The first-order chi connectivity index (χ1) is 15.1. The lowest BCUT2D eigenvalue weighted by Crippen LogP contribution is -2.26. The molecule has 1 heterocycles. The molecule has 0 aliphatic rings. The Morgan fingerprint density at radius 3 is 2.61 bits per heavy atom. The molecule has 1 N–H and O–H groups in total. The summed E-state index contributed by atoms with van der Waals surface area (Å²) in [5.41, 5.74) is 4.70. The van der Waals surface area contributed by atoms with Crippen LogP contribution in [0.1, 0.15) is 23.1 Å². The molecule has 6 nitrogen and oxygen atoms in total. The predicted molar refractivity (Wildman–Crippen MR) is 121 cm³/mol. The molecule has 0 unspecified atom stereocenters. The maximum Gasteiger partial charge on any atom is 0.261 e. The van der Waals surface area contributed by atoms with E-state index in [1.807, 2.05) is 78.5 Å². The van der Waals surface area contributed by atoms with Crippen molar-refractivity contribution in [3.8, 4) is 17.3 Å². The van der Waals surface area contributed by atoms with Gasteiger partial charge in [0.25, 0.3) is 5.91 Å². The molecule has 6 heteroatoms. The molecule has 31 heavy (non-hydrogen) atoms. The van der Waals surface area contributed by atoms with Crippen LogP contribution in [0.3, 0.4) is 0 Å². The minimum atomic E-state index is -0.399. The highest BCUT2D eigenvalue weighted by atomic mass is 16.5. The van der Waals surface area contributed by atoms with E-state index in [-0.39, 0.29) is 5.57 Å². The van der Waals surface area contributed by atoms with Gasteiger partial charge in [0.05, 0.1) is 12.2 Å². The van der Waals surface area contributed by atoms with Gasteiger partial charge in [-0.25, -0.2) is 0 Å². The number of nitriles is 1. The number of benzene rings is 2. The maximum absolute atomic E-state index is 12.5. The highest BCUT2D eigenvalue weighted by molar-refractivity contribution is 6.02. The van der Waals surface area contributed by atoms with Gasteiger partial charge in [0.1, 0.15) is 11.6 Å². The third-order valence-electron chi connectivity index (χ3n) is 4.78. The summed E-state index contributed by atoms with van der Waals surface area (Å²) in [6.45, 7) is 3.62. The van der Waals surface area contributed by atoms with Crippen molar-refractivity contribution in [2.24, 2.45) is 0 Å². The van der Waals surface area contributed by atoms with E-state index in [9.17, 15) is 10.1 Å². The van der Waals surface area contributed by atoms with Crippen molar-refractivity contribution in [3.05, 3.63) is 83.1 Å². The Morgan fingerprint density at radius 1 is 1.19 bits per heavy atom. The molecule has 2 aromatic carbocycles.